The van der Waals surface area contributed by atoms with Crippen molar-refractivity contribution < 1.29 is 14.4 Å². The normalized spacial score (nSPS) is 19.7. The Bertz CT molecular complexity index is 742. The zero-order valence-corrected chi connectivity index (χ0v) is 15.2. The number of halogens is 1. The van der Waals surface area contributed by atoms with Gasteiger partial charge in [0.25, 0.3) is 0 Å². The summed E-state index contributed by atoms with van der Waals surface area (Å²) < 4.78 is 0. The van der Waals surface area contributed by atoms with Crippen molar-refractivity contribution in [2.75, 3.05) is 25.0 Å². The molecule has 138 valence electrons. The monoisotopic (exact) mass is 375 g/mol. The van der Waals surface area contributed by atoms with Crippen molar-refractivity contribution in [2.24, 2.45) is 5.92 Å². The molecule has 6 nitrogen and oxygen atoms in total. The molecule has 2 heterocycles. The first kappa shape index (κ1) is 18.5. The van der Waals surface area contributed by atoms with E-state index < -0.39 is 0 Å². The Balaban J connectivity index is 1.54. The average molecular weight is 376 g/mol. The van der Waals surface area contributed by atoms with Gasteiger partial charge in [-0.25, -0.2) is 0 Å². The standard InChI is InChI=1S/C19H22ClN3O3/c1-2-16(24)21-8-5-17(25)23-9-6-12(7-10-23)18-14-4-3-13(20)11-15(14)22-19(18)26/h2-4,11-12,18H,1,5-10H2,(H,21,24)(H,22,26). The fourth-order valence-electron chi connectivity index (χ4n) is 3.73. The Labute approximate surface area is 157 Å². The van der Waals surface area contributed by atoms with Crippen molar-refractivity contribution in [3.63, 3.8) is 0 Å². The molecule has 26 heavy (non-hydrogen) atoms. The molecular weight excluding hydrogens is 354 g/mol. The van der Waals surface area contributed by atoms with E-state index in [0.29, 0.717) is 24.7 Å². The molecule has 0 aromatic heterocycles. The van der Waals surface area contributed by atoms with Crippen molar-refractivity contribution >= 4 is 35.0 Å². The first-order chi connectivity index (χ1) is 12.5. The number of nitrogens with zero attached hydrogens (tertiary/aromatic N) is 1. The maximum atomic E-state index is 12.4. The molecule has 1 unspecified atom stereocenters. The number of fused-ring (bicyclic) bond motifs is 1. The quantitative estimate of drug-likeness (QED) is 0.775. The van der Waals surface area contributed by atoms with Gasteiger partial charge in [0.1, 0.15) is 0 Å². The van der Waals surface area contributed by atoms with Crippen LogP contribution in [0.4, 0.5) is 5.69 Å². The van der Waals surface area contributed by atoms with E-state index in [0.717, 1.165) is 24.1 Å². The molecular formula is C19H22ClN3O3. The smallest absolute Gasteiger partial charge is 0.243 e. The number of carbonyl (C=O) groups is 3. The van der Waals surface area contributed by atoms with Gasteiger partial charge in [-0.2, -0.15) is 0 Å². The molecule has 0 radical (unpaired) electrons. The summed E-state index contributed by atoms with van der Waals surface area (Å²) in [6, 6.07) is 5.51. The Morgan fingerprint density at radius 2 is 2.08 bits per heavy atom. The van der Waals surface area contributed by atoms with Gasteiger partial charge < -0.3 is 15.5 Å². The molecule has 1 aromatic rings. The van der Waals surface area contributed by atoms with Gasteiger partial charge in [-0.1, -0.05) is 24.2 Å². The third-order valence-corrected chi connectivity index (χ3v) is 5.31. The number of hydrogen-bond donors (Lipinski definition) is 2. The summed E-state index contributed by atoms with van der Waals surface area (Å²) in [6.45, 7) is 4.94. The van der Waals surface area contributed by atoms with Crippen LogP contribution >= 0.6 is 11.6 Å². The van der Waals surface area contributed by atoms with Crippen LogP contribution < -0.4 is 10.6 Å². The first-order valence-electron chi connectivity index (χ1n) is 8.78. The van der Waals surface area contributed by atoms with Crippen LogP contribution in [0.1, 0.15) is 30.7 Å². The average Bonchev–Trinajstić information content (AvgIpc) is 2.96. The SMILES string of the molecule is C=CC(=O)NCCC(=O)N1CCC(C2C(=O)Nc3cc(Cl)ccc32)CC1. The second-order valence-corrected chi connectivity index (χ2v) is 7.10. The largest absolute Gasteiger partial charge is 0.352 e. The molecule has 2 N–H and O–H groups in total. The molecule has 1 atom stereocenters. The fraction of sp³-hybridized carbons (Fsp3) is 0.421. The van der Waals surface area contributed by atoms with E-state index in [1.165, 1.54) is 6.08 Å². The number of nitrogens with one attached hydrogen (secondary N) is 2. The molecule has 0 aliphatic carbocycles. The van der Waals surface area contributed by atoms with Gasteiger partial charge in [0, 0.05) is 36.8 Å². The third kappa shape index (κ3) is 3.90. The van der Waals surface area contributed by atoms with Crippen molar-refractivity contribution in [3.8, 4) is 0 Å². The topological polar surface area (TPSA) is 78.5 Å². The summed E-state index contributed by atoms with van der Waals surface area (Å²) in [6.07, 6.45) is 3.03. The van der Waals surface area contributed by atoms with Gasteiger partial charge in [-0.15, -0.1) is 0 Å². The molecule has 3 rings (SSSR count). The maximum Gasteiger partial charge on any atom is 0.243 e. The summed E-state index contributed by atoms with van der Waals surface area (Å²) >= 11 is 6.00. The summed E-state index contributed by atoms with van der Waals surface area (Å²) in [4.78, 5) is 37.6. The number of hydrogen-bond acceptors (Lipinski definition) is 3. The Morgan fingerprint density at radius 3 is 2.77 bits per heavy atom. The van der Waals surface area contributed by atoms with Gasteiger partial charge in [-0.05, 0) is 42.5 Å². The molecule has 0 saturated carbocycles. The molecule has 0 spiro atoms. The van der Waals surface area contributed by atoms with Crippen LogP contribution in [0.3, 0.4) is 0 Å². The third-order valence-electron chi connectivity index (χ3n) is 5.08. The second-order valence-electron chi connectivity index (χ2n) is 6.66. The lowest BCUT2D eigenvalue weighted by Crippen LogP contribution is -2.41. The number of amides is 3. The van der Waals surface area contributed by atoms with Gasteiger partial charge in [0.2, 0.25) is 17.7 Å². The highest BCUT2D eigenvalue weighted by Crippen LogP contribution is 2.42. The maximum absolute atomic E-state index is 12.4. The number of likely N-dealkylation sites (tertiary alicyclic amines) is 1. The Hall–Kier alpha value is -2.34. The van der Waals surface area contributed by atoms with Crippen LogP contribution in [-0.4, -0.2) is 42.3 Å². The van der Waals surface area contributed by atoms with E-state index in [2.05, 4.69) is 17.2 Å². The highest BCUT2D eigenvalue weighted by molar-refractivity contribution is 6.31. The van der Waals surface area contributed by atoms with Crippen molar-refractivity contribution in [2.45, 2.75) is 25.2 Å². The number of piperidine rings is 1. The van der Waals surface area contributed by atoms with Crippen molar-refractivity contribution in [1.82, 2.24) is 10.2 Å². The minimum atomic E-state index is -0.275. The first-order valence-corrected chi connectivity index (χ1v) is 9.15. The molecule has 1 aromatic carbocycles. The number of anilines is 1. The number of rotatable bonds is 5. The minimum Gasteiger partial charge on any atom is -0.352 e. The summed E-state index contributed by atoms with van der Waals surface area (Å²) in [7, 11) is 0. The molecule has 2 aliphatic heterocycles. The van der Waals surface area contributed by atoms with E-state index in [1.807, 2.05) is 17.0 Å². The number of benzene rings is 1. The van der Waals surface area contributed by atoms with Gasteiger partial charge >= 0.3 is 0 Å². The zero-order chi connectivity index (χ0) is 18.7. The lowest BCUT2D eigenvalue weighted by atomic mass is 9.80. The van der Waals surface area contributed by atoms with Crippen LogP contribution in [0.15, 0.2) is 30.9 Å². The molecule has 0 bridgehead atoms. The summed E-state index contributed by atoms with van der Waals surface area (Å²) in [5.74, 6) is -0.203. The lowest BCUT2D eigenvalue weighted by Gasteiger charge is -2.34. The van der Waals surface area contributed by atoms with Gasteiger partial charge in [-0.3, -0.25) is 14.4 Å². The van der Waals surface area contributed by atoms with Gasteiger partial charge in [0.05, 0.1) is 5.92 Å². The molecule has 1 fully saturated rings. The van der Waals surface area contributed by atoms with Crippen molar-refractivity contribution in [1.29, 1.82) is 0 Å². The van der Waals surface area contributed by atoms with E-state index in [1.54, 1.807) is 6.07 Å². The number of carbonyl (C=O) groups excluding carboxylic acids is 3. The lowest BCUT2D eigenvalue weighted by molar-refractivity contribution is -0.132. The molecule has 3 amide bonds. The van der Waals surface area contributed by atoms with E-state index in [9.17, 15) is 14.4 Å². The predicted molar refractivity (Wildman–Crippen MR) is 100.0 cm³/mol. The highest BCUT2D eigenvalue weighted by Gasteiger charge is 2.38. The van der Waals surface area contributed by atoms with Crippen LogP contribution in [0.5, 0.6) is 0 Å². The van der Waals surface area contributed by atoms with Crippen molar-refractivity contribution in [3.05, 3.63) is 41.4 Å². The minimum absolute atomic E-state index is 0.0131. The zero-order valence-electron chi connectivity index (χ0n) is 14.5. The predicted octanol–water partition coefficient (Wildman–Crippen LogP) is 2.31. The van der Waals surface area contributed by atoms with E-state index >= 15 is 0 Å². The van der Waals surface area contributed by atoms with E-state index in [4.69, 9.17) is 11.6 Å². The second kappa shape index (κ2) is 7.91. The molecule has 7 heteroatoms. The van der Waals surface area contributed by atoms with Crippen LogP contribution in [0.25, 0.3) is 0 Å². The fourth-order valence-corrected chi connectivity index (χ4v) is 3.90. The van der Waals surface area contributed by atoms with Crippen LogP contribution in [0, 0.1) is 5.92 Å². The molecule has 1 saturated heterocycles. The Morgan fingerprint density at radius 1 is 1.35 bits per heavy atom. The van der Waals surface area contributed by atoms with Gasteiger partial charge in [0.15, 0.2) is 0 Å². The Kier molecular flexibility index (Phi) is 5.61. The highest BCUT2D eigenvalue weighted by atomic mass is 35.5. The summed E-state index contributed by atoms with van der Waals surface area (Å²) in [5.41, 5.74) is 1.79. The van der Waals surface area contributed by atoms with E-state index in [-0.39, 0.29) is 36.0 Å². The van der Waals surface area contributed by atoms with Crippen LogP contribution in [0.2, 0.25) is 5.02 Å². The van der Waals surface area contributed by atoms with Crippen LogP contribution in [-0.2, 0) is 14.4 Å². The molecule has 2 aliphatic rings. The summed E-state index contributed by atoms with van der Waals surface area (Å²) in [5, 5.41) is 6.13.